The summed E-state index contributed by atoms with van der Waals surface area (Å²) in [6, 6.07) is 3.35. The molecule has 1 N–H and O–H groups in total. The van der Waals surface area contributed by atoms with Gasteiger partial charge in [0, 0.05) is 24.2 Å². The third-order valence-corrected chi connectivity index (χ3v) is 3.85. The van der Waals surface area contributed by atoms with E-state index < -0.39 is 17.7 Å². The van der Waals surface area contributed by atoms with Gasteiger partial charge >= 0.3 is 0 Å². The van der Waals surface area contributed by atoms with Crippen molar-refractivity contribution in [1.82, 2.24) is 15.1 Å². The van der Waals surface area contributed by atoms with Crippen LogP contribution in [0.4, 0.5) is 8.78 Å². The largest absolute Gasteiger partial charge is 0.313 e. The molecule has 0 spiro atoms. The number of aryl methyl sites for hydroxylation is 2. The van der Waals surface area contributed by atoms with Gasteiger partial charge in [-0.25, -0.2) is 8.78 Å². The Bertz CT molecular complexity index is 605. The van der Waals surface area contributed by atoms with Gasteiger partial charge < -0.3 is 5.32 Å². The lowest BCUT2D eigenvalue weighted by molar-refractivity contribution is 0.489. The maximum atomic E-state index is 13.9. The SMILES string of the molecule is CNC(Cc1c(C)nn(C)c1Cl)c1c(F)cccc1F. The Labute approximate surface area is 121 Å². The molecule has 0 aliphatic rings. The number of benzene rings is 1. The van der Waals surface area contributed by atoms with Crippen LogP contribution in [0.2, 0.25) is 5.15 Å². The Kier molecular flexibility index (Phi) is 4.40. The number of hydrogen-bond acceptors (Lipinski definition) is 2. The summed E-state index contributed by atoms with van der Waals surface area (Å²) in [4.78, 5) is 0. The van der Waals surface area contributed by atoms with E-state index in [4.69, 9.17) is 11.6 Å². The number of halogens is 3. The molecule has 0 saturated carbocycles. The Morgan fingerprint density at radius 1 is 1.35 bits per heavy atom. The molecule has 0 radical (unpaired) electrons. The summed E-state index contributed by atoms with van der Waals surface area (Å²) in [5.74, 6) is -1.14. The fourth-order valence-corrected chi connectivity index (χ4v) is 2.55. The van der Waals surface area contributed by atoms with Gasteiger partial charge in [-0.2, -0.15) is 5.10 Å². The first-order chi connectivity index (χ1) is 9.45. The molecular formula is C14H16ClF2N3. The summed E-state index contributed by atoms with van der Waals surface area (Å²) in [6.45, 7) is 1.83. The molecule has 2 rings (SSSR count). The molecule has 2 aromatic rings. The predicted octanol–water partition coefficient (Wildman–Crippen LogP) is 3.16. The molecule has 1 aromatic carbocycles. The van der Waals surface area contributed by atoms with Gasteiger partial charge in [0.15, 0.2) is 0 Å². The van der Waals surface area contributed by atoms with E-state index in [9.17, 15) is 8.78 Å². The molecular weight excluding hydrogens is 284 g/mol. The van der Waals surface area contributed by atoms with E-state index in [-0.39, 0.29) is 5.56 Å². The van der Waals surface area contributed by atoms with Crippen LogP contribution in [0.5, 0.6) is 0 Å². The number of likely N-dealkylation sites (N-methyl/N-ethyl adjacent to an activating group) is 1. The van der Waals surface area contributed by atoms with E-state index in [1.807, 2.05) is 6.92 Å². The van der Waals surface area contributed by atoms with Crippen LogP contribution in [0.15, 0.2) is 18.2 Å². The summed E-state index contributed by atoms with van der Waals surface area (Å²) >= 11 is 6.17. The third-order valence-electron chi connectivity index (χ3n) is 3.37. The minimum atomic E-state index is -0.568. The van der Waals surface area contributed by atoms with Crippen molar-refractivity contribution < 1.29 is 8.78 Å². The fourth-order valence-electron chi connectivity index (χ4n) is 2.30. The first-order valence-corrected chi connectivity index (χ1v) is 6.62. The number of hydrogen-bond donors (Lipinski definition) is 1. The van der Waals surface area contributed by atoms with Crippen molar-refractivity contribution in [2.75, 3.05) is 7.05 Å². The summed E-state index contributed by atoms with van der Waals surface area (Å²) < 4.78 is 29.3. The zero-order chi connectivity index (χ0) is 14.9. The number of aromatic nitrogens is 2. The highest BCUT2D eigenvalue weighted by molar-refractivity contribution is 6.30. The second-order valence-electron chi connectivity index (χ2n) is 4.66. The highest BCUT2D eigenvalue weighted by Gasteiger charge is 2.22. The molecule has 3 nitrogen and oxygen atoms in total. The Balaban J connectivity index is 2.39. The van der Waals surface area contributed by atoms with E-state index in [0.29, 0.717) is 11.6 Å². The van der Waals surface area contributed by atoms with Crippen LogP contribution in [0, 0.1) is 18.6 Å². The van der Waals surface area contributed by atoms with Gasteiger partial charge in [-0.05, 0) is 32.5 Å². The highest BCUT2D eigenvalue weighted by Crippen LogP contribution is 2.28. The monoisotopic (exact) mass is 299 g/mol. The molecule has 0 amide bonds. The molecule has 20 heavy (non-hydrogen) atoms. The number of nitrogens with one attached hydrogen (secondary N) is 1. The van der Waals surface area contributed by atoms with Gasteiger partial charge in [0.25, 0.3) is 0 Å². The molecule has 1 heterocycles. The fraction of sp³-hybridized carbons (Fsp3) is 0.357. The summed E-state index contributed by atoms with van der Waals surface area (Å²) in [7, 11) is 3.40. The van der Waals surface area contributed by atoms with Crippen LogP contribution in [-0.4, -0.2) is 16.8 Å². The maximum Gasteiger partial charge on any atom is 0.130 e. The highest BCUT2D eigenvalue weighted by atomic mass is 35.5. The lowest BCUT2D eigenvalue weighted by Crippen LogP contribution is -2.21. The van der Waals surface area contributed by atoms with Crippen LogP contribution >= 0.6 is 11.6 Å². The van der Waals surface area contributed by atoms with Crippen molar-refractivity contribution in [3.8, 4) is 0 Å². The Morgan fingerprint density at radius 3 is 2.40 bits per heavy atom. The topological polar surface area (TPSA) is 29.9 Å². The van der Waals surface area contributed by atoms with Crippen LogP contribution < -0.4 is 5.32 Å². The molecule has 0 saturated heterocycles. The van der Waals surface area contributed by atoms with Gasteiger partial charge in [-0.1, -0.05) is 17.7 Å². The van der Waals surface area contributed by atoms with E-state index in [0.717, 1.165) is 11.3 Å². The molecule has 6 heteroatoms. The first kappa shape index (κ1) is 14.9. The van der Waals surface area contributed by atoms with Crippen molar-refractivity contribution in [1.29, 1.82) is 0 Å². The minimum absolute atomic E-state index is 0.0225. The molecule has 1 unspecified atom stereocenters. The van der Waals surface area contributed by atoms with Gasteiger partial charge in [0.2, 0.25) is 0 Å². The molecule has 108 valence electrons. The van der Waals surface area contributed by atoms with Gasteiger partial charge in [0.1, 0.15) is 16.8 Å². The summed E-state index contributed by atoms with van der Waals surface area (Å²) in [5, 5.41) is 7.63. The Morgan fingerprint density at radius 2 is 1.95 bits per heavy atom. The van der Waals surface area contributed by atoms with Crippen molar-refractivity contribution in [2.45, 2.75) is 19.4 Å². The van der Waals surface area contributed by atoms with Crippen molar-refractivity contribution >= 4 is 11.6 Å². The average molecular weight is 300 g/mol. The molecule has 0 fully saturated rings. The van der Waals surface area contributed by atoms with Crippen LogP contribution in [0.25, 0.3) is 0 Å². The van der Waals surface area contributed by atoms with Crippen molar-refractivity contribution in [2.24, 2.45) is 7.05 Å². The third kappa shape index (κ3) is 2.69. The van der Waals surface area contributed by atoms with Gasteiger partial charge in [-0.3, -0.25) is 4.68 Å². The number of rotatable bonds is 4. The molecule has 0 aliphatic heterocycles. The molecule has 0 aliphatic carbocycles. The lowest BCUT2D eigenvalue weighted by atomic mass is 9.98. The number of nitrogens with zero attached hydrogens (tertiary/aromatic N) is 2. The van der Waals surface area contributed by atoms with E-state index in [2.05, 4.69) is 10.4 Å². The second-order valence-corrected chi connectivity index (χ2v) is 5.02. The van der Waals surface area contributed by atoms with Gasteiger partial charge in [0.05, 0.1) is 5.69 Å². The van der Waals surface area contributed by atoms with E-state index in [1.165, 1.54) is 18.2 Å². The molecule has 1 aromatic heterocycles. The Hall–Kier alpha value is -1.46. The average Bonchev–Trinajstić information content (AvgIpc) is 2.63. The van der Waals surface area contributed by atoms with Crippen LogP contribution in [-0.2, 0) is 13.5 Å². The summed E-state index contributed by atoms with van der Waals surface area (Å²) in [5.41, 5.74) is 1.57. The lowest BCUT2D eigenvalue weighted by Gasteiger charge is -2.18. The van der Waals surface area contributed by atoms with Gasteiger partial charge in [-0.15, -0.1) is 0 Å². The van der Waals surface area contributed by atoms with Crippen LogP contribution in [0.1, 0.15) is 22.9 Å². The zero-order valence-corrected chi connectivity index (χ0v) is 12.3. The second kappa shape index (κ2) is 5.89. The molecule has 0 bridgehead atoms. The normalized spacial score (nSPS) is 12.7. The van der Waals surface area contributed by atoms with E-state index in [1.54, 1.807) is 18.8 Å². The predicted molar refractivity (Wildman–Crippen MR) is 74.8 cm³/mol. The molecule has 1 atom stereocenters. The minimum Gasteiger partial charge on any atom is -0.313 e. The quantitative estimate of drug-likeness (QED) is 0.940. The standard InChI is InChI=1S/C14H16ClF2N3/c1-8-9(14(15)20(3)19-8)7-12(18-2)13-10(16)5-4-6-11(13)17/h4-6,12,18H,7H2,1-3H3. The van der Waals surface area contributed by atoms with Crippen molar-refractivity contribution in [3.05, 3.63) is 51.8 Å². The maximum absolute atomic E-state index is 13.9. The van der Waals surface area contributed by atoms with Crippen molar-refractivity contribution in [3.63, 3.8) is 0 Å². The first-order valence-electron chi connectivity index (χ1n) is 6.24. The van der Waals surface area contributed by atoms with E-state index >= 15 is 0 Å². The zero-order valence-electron chi connectivity index (χ0n) is 11.5. The summed E-state index contributed by atoms with van der Waals surface area (Å²) in [6.07, 6.45) is 0.368. The smallest absolute Gasteiger partial charge is 0.130 e. The van der Waals surface area contributed by atoms with Crippen LogP contribution in [0.3, 0.4) is 0 Å².